The molecule has 0 saturated carbocycles. The van der Waals surface area contributed by atoms with Crippen LogP contribution in [0.15, 0.2) is 35.4 Å². The van der Waals surface area contributed by atoms with Gasteiger partial charge in [0, 0.05) is 4.91 Å². The summed E-state index contributed by atoms with van der Waals surface area (Å²) in [6.07, 6.45) is 12.3. The lowest BCUT2D eigenvalue weighted by molar-refractivity contribution is -0.128. The summed E-state index contributed by atoms with van der Waals surface area (Å²) < 4.78 is 23.6. The number of rotatable bonds is 29. The highest BCUT2D eigenvalue weighted by Gasteiger charge is 2.30. The van der Waals surface area contributed by atoms with E-state index in [4.69, 9.17) is 18.9 Å². The van der Waals surface area contributed by atoms with Crippen LogP contribution in [0.1, 0.15) is 124 Å². The number of benzene rings is 1. The maximum Gasteiger partial charge on any atom is 0.109 e. The summed E-state index contributed by atoms with van der Waals surface area (Å²) in [6.45, 7) is 10.4. The number of azide groups is 1. The van der Waals surface area contributed by atoms with Gasteiger partial charge in [-0.2, -0.15) is 0 Å². The smallest absolute Gasteiger partial charge is 0.109 e. The second-order valence-corrected chi connectivity index (χ2v) is 12.5. The lowest BCUT2D eigenvalue weighted by Gasteiger charge is -2.31. The molecule has 0 amide bonds. The number of hydrogen-bond donors (Lipinski definition) is 2. The monoisotopic (exact) mass is 621 g/mol. The van der Waals surface area contributed by atoms with E-state index in [0.29, 0.717) is 13.0 Å². The number of unbranched alkanes of at least 4 members (excludes halogenated alkanes) is 11. The molecule has 0 bridgehead atoms. The van der Waals surface area contributed by atoms with Gasteiger partial charge in [0.2, 0.25) is 0 Å². The highest BCUT2D eigenvalue weighted by molar-refractivity contribution is 5.13. The summed E-state index contributed by atoms with van der Waals surface area (Å²) >= 11 is 0. The molecule has 0 heterocycles. The van der Waals surface area contributed by atoms with Crippen LogP contribution in [-0.2, 0) is 25.6 Å². The molecule has 0 fully saturated rings. The molecular weight excluding hydrogens is 558 g/mol. The van der Waals surface area contributed by atoms with Crippen molar-refractivity contribution in [2.45, 2.75) is 167 Å². The molecule has 9 nitrogen and oxygen atoms in total. The zero-order chi connectivity index (χ0) is 32.4. The summed E-state index contributed by atoms with van der Waals surface area (Å²) in [6, 6.07) is 9.09. The molecule has 0 saturated heterocycles. The molecule has 1 aromatic carbocycles. The molecule has 0 aromatic heterocycles. The van der Waals surface area contributed by atoms with Gasteiger partial charge in [0.15, 0.2) is 0 Å². The molecular formula is C35H63N3O6. The molecule has 44 heavy (non-hydrogen) atoms. The Morgan fingerprint density at radius 2 is 1.27 bits per heavy atom. The molecule has 254 valence electrons. The van der Waals surface area contributed by atoms with E-state index in [1.54, 1.807) is 0 Å². The zero-order valence-corrected chi connectivity index (χ0v) is 28.3. The van der Waals surface area contributed by atoms with Crippen LogP contribution in [0.4, 0.5) is 0 Å². The summed E-state index contributed by atoms with van der Waals surface area (Å²) in [7, 11) is 0. The van der Waals surface area contributed by atoms with Crippen molar-refractivity contribution in [2.24, 2.45) is 5.11 Å². The van der Waals surface area contributed by atoms with Crippen molar-refractivity contribution in [3.8, 4) is 0 Å². The van der Waals surface area contributed by atoms with Crippen molar-refractivity contribution < 1.29 is 29.2 Å². The Morgan fingerprint density at radius 1 is 0.705 bits per heavy atom. The second-order valence-electron chi connectivity index (χ2n) is 12.5. The Labute approximate surface area is 267 Å². The van der Waals surface area contributed by atoms with E-state index in [-0.39, 0.29) is 32.0 Å². The van der Waals surface area contributed by atoms with E-state index >= 15 is 0 Å². The average Bonchev–Trinajstić information content (AvgIpc) is 2.99. The molecule has 5 atom stereocenters. The second kappa shape index (κ2) is 26.5. The van der Waals surface area contributed by atoms with E-state index in [1.165, 1.54) is 57.8 Å². The Hall–Kier alpha value is -1.71. The molecule has 2 N–H and O–H groups in total. The SMILES string of the molecule is CCCCCCCCCCCCCCC(O)[C@@H](OC(C)C)[C@H](COC[C@H](O)[C@H](COCc1ccccc1)OC(C)C)N=[N+]=[N-]. The molecule has 0 radical (unpaired) electrons. The Kier molecular flexibility index (Phi) is 24.3. The first kappa shape index (κ1) is 40.3. The third-order valence-corrected chi connectivity index (χ3v) is 7.59. The number of hydrogen-bond acceptors (Lipinski definition) is 7. The Morgan fingerprint density at radius 3 is 1.82 bits per heavy atom. The van der Waals surface area contributed by atoms with Gasteiger partial charge in [-0.3, -0.25) is 0 Å². The molecule has 1 unspecified atom stereocenters. The van der Waals surface area contributed by atoms with E-state index in [1.807, 2.05) is 58.0 Å². The molecule has 0 aliphatic heterocycles. The standard InChI is InChI=1S/C35H63N3O6/c1-6-7-8-9-10-11-12-13-14-15-16-20-23-32(39)35(44-29(4)5)31(37-38-36)25-42-26-33(40)34(43-28(2)3)27-41-24-30-21-18-17-19-22-30/h17-19,21-22,28-29,31-35,39-40H,6-16,20,23-27H2,1-5H3/t31-,32?,33-,34-,35-/m0/s1. The van der Waals surface area contributed by atoms with Gasteiger partial charge < -0.3 is 29.2 Å². The number of aliphatic hydroxyl groups is 2. The van der Waals surface area contributed by atoms with Crippen LogP contribution in [0, 0.1) is 0 Å². The fourth-order valence-corrected chi connectivity index (χ4v) is 5.25. The minimum absolute atomic E-state index is 0.00722. The lowest BCUT2D eigenvalue weighted by atomic mass is 9.99. The summed E-state index contributed by atoms with van der Waals surface area (Å²) in [5, 5.41) is 25.8. The van der Waals surface area contributed by atoms with Crippen LogP contribution in [0.25, 0.3) is 10.4 Å². The van der Waals surface area contributed by atoms with Gasteiger partial charge in [-0.15, -0.1) is 0 Å². The number of ether oxygens (including phenoxy) is 4. The fraction of sp³-hybridized carbons (Fsp3) is 0.829. The topological polar surface area (TPSA) is 126 Å². The average molecular weight is 622 g/mol. The predicted molar refractivity (Wildman–Crippen MR) is 178 cm³/mol. The van der Waals surface area contributed by atoms with Gasteiger partial charge in [0.05, 0.1) is 56.9 Å². The first-order chi connectivity index (χ1) is 21.3. The largest absolute Gasteiger partial charge is 0.390 e. The van der Waals surface area contributed by atoms with E-state index in [9.17, 15) is 15.7 Å². The molecule has 0 aliphatic carbocycles. The third-order valence-electron chi connectivity index (χ3n) is 7.59. The molecule has 1 aromatic rings. The van der Waals surface area contributed by atoms with Gasteiger partial charge >= 0.3 is 0 Å². The first-order valence-electron chi connectivity index (χ1n) is 17.2. The van der Waals surface area contributed by atoms with Crippen LogP contribution in [0.2, 0.25) is 0 Å². The Bertz CT molecular complexity index is 837. The van der Waals surface area contributed by atoms with Crippen molar-refractivity contribution in [3.63, 3.8) is 0 Å². The minimum atomic E-state index is -0.949. The quantitative estimate of drug-likeness (QED) is 0.0401. The summed E-state index contributed by atoms with van der Waals surface area (Å²) in [5.74, 6) is 0. The van der Waals surface area contributed by atoms with E-state index in [2.05, 4.69) is 16.9 Å². The number of aliphatic hydroxyl groups excluding tert-OH is 2. The van der Waals surface area contributed by atoms with E-state index < -0.39 is 30.5 Å². The van der Waals surface area contributed by atoms with Crippen molar-refractivity contribution >= 4 is 0 Å². The van der Waals surface area contributed by atoms with Gasteiger partial charge in [-0.25, -0.2) is 0 Å². The highest BCUT2D eigenvalue weighted by atomic mass is 16.6. The highest BCUT2D eigenvalue weighted by Crippen LogP contribution is 2.19. The summed E-state index contributed by atoms with van der Waals surface area (Å²) in [4.78, 5) is 3.00. The van der Waals surface area contributed by atoms with Crippen LogP contribution in [-0.4, -0.2) is 72.7 Å². The third kappa shape index (κ3) is 20.3. The van der Waals surface area contributed by atoms with Gasteiger partial charge in [-0.1, -0.05) is 119 Å². The zero-order valence-electron chi connectivity index (χ0n) is 28.3. The van der Waals surface area contributed by atoms with Crippen molar-refractivity contribution in [1.29, 1.82) is 0 Å². The van der Waals surface area contributed by atoms with Crippen molar-refractivity contribution in [1.82, 2.24) is 0 Å². The summed E-state index contributed by atoms with van der Waals surface area (Å²) in [5.41, 5.74) is 10.3. The fourth-order valence-electron chi connectivity index (χ4n) is 5.25. The molecule has 1 rings (SSSR count). The predicted octanol–water partition coefficient (Wildman–Crippen LogP) is 8.30. The van der Waals surface area contributed by atoms with Crippen LogP contribution < -0.4 is 0 Å². The van der Waals surface area contributed by atoms with Crippen LogP contribution >= 0.6 is 0 Å². The maximum atomic E-state index is 11.1. The lowest BCUT2D eigenvalue weighted by Crippen LogP contribution is -2.44. The Balaban J connectivity index is 2.50. The molecule has 0 spiro atoms. The first-order valence-corrected chi connectivity index (χ1v) is 17.2. The van der Waals surface area contributed by atoms with Crippen molar-refractivity contribution in [3.05, 3.63) is 46.3 Å². The van der Waals surface area contributed by atoms with Gasteiger partial charge in [0.25, 0.3) is 0 Å². The van der Waals surface area contributed by atoms with Gasteiger partial charge in [-0.05, 0) is 45.2 Å². The van der Waals surface area contributed by atoms with Crippen molar-refractivity contribution in [2.75, 3.05) is 19.8 Å². The van der Waals surface area contributed by atoms with Crippen LogP contribution in [0.5, 0.6) is 0 Å². The van der Waals surface area contributed by atoms with E-state index in [0.717, 1.165) is 24.8 Å². The minimum Gasteiger partial charge on any atom is -0.390 e. The van der Waals surface area contributed by atoms with Crippen LogP contribution in [0.3, 0.4) is 0 Å². The normalized spacial score (nSPS) is 15.2. The maximum absolute atomic E-state index is 11.1. The van der Waals surface area contributed by atoms with Gasteiger partial charge in [0.1, 0.15) is 12.2 Å². The number of nitrogens with zero attached hydrogens (tertiary/aromatic N) is 3. The molecule has 0 aliphatic rings. The molecule has 9 heteroatoms.